The van der Waals surface area contributed by atoms with E-state index in [-0.39, 0.29) is 22.9 Å². The van der Waals surface area contributed by atoms with Crippen LogP contribution >= 0.6 is 87.2 Å². The molecule has 125 heavy (non-hydrogen) atoms. The monoisotopic (exact) mass is 2050 g/mol. The number of hydrogen-bond acceptors (Lipinski definition) is 6. The van der Waals surface area contributed by atoms with Crippen LogP contribution in [0.25, 0.3) is 0 Å². The van der Waals surface area contributed by atoms with Crippen molar-refractivity contribution < 1.29 is 52.5 Å². The van der Waals surface area contributed by atoms with Crippen LogP contribution in [0.15, 0.2) is 121 Å². The highest BCUT2D eigenvalue weighted by atomic mass is 79.9. The summed E-state index contributed by atoms with van der Waals surface area (Å²) >= 11 is 18.9. The Balaban J connectivity index is 0.000000705. The summed E-state index contributed by atoms with van der Waals surface area (Å²) < 4.78 is 28.4. The van der Waals surface area contributed by atoms with Crippen molar-refractivity contribution in [3.8, 4) is 0 Å². The van der Waals surface area contributed by atoms with Crippen molar-refractivity contribution in [3.63, 3.8) is 0 Å². The maximum absolute atomic E-state index is 11.8. The van der Waals surface area contributed by atoms with Crippen LogP contribution in [0, 0.1) is 181 Å². The van der Waals surface area contributed by atoms with Crippen LogP contribution in [0.5, 0.6) is 0 Å². The second-order valence-electron chi connectivity index (χ2n) is 44.2. The molecular formula is C105H193Br4N11O2S3. The number of rotatable bonds is 18. The third-order valence-corrected chi connectivity index (χ3v) is 33.3. The molecule has 0 aromatic rings. The Morgan fingerprint density at radius 3 is 0.776 bits per heavy atom. The van der Waals surface area contributed by atoms with E-state index in [2.05, 4.69) is 476 Å². The standard InChI is InChI=1S/C15H26BrN.C15H27N.C11H17Br2N.C11H18BrN.C11H23NO2S.2C11H23NS.C11H19N.C9H17N3/c1-9(2)13-11(15(5,6)7)12(16)14(10(3)4)17(13)8;1-10(2)13-9-12(15(5,6)7)14(11(3)4)16(13)8;1-6(2)10-8(12)9(13)11(7(3)4)14(10)5;1-7(2)10-6-9(12)11(8(3)4)13(10)5;1-8(2)10-6-15(13,14)7-11(9(3)4)12(10)5;2*1-8(2)10-6-13-7-11(9(3)4)12(10)5;1-8(2)10-6-7-11(9(3)4)12(10)5;1-6(2)8-10-11-9(7(3)4)12(8)5/h9-10,17H,8H2,1-7H3;9-11,16H,8H2,1-7H3;6-7,14H,5H2,1-4H3;6-8,13H,5H2,1-4H3;8-12H,5-7H2,1-4H3;2*8-12H,5-7H2,1-4H3;6-9,12H,5H2,1-4H3;6-7,12H,5H2,1-4H3/t;;;;10-,11-;10-,11+;10-,11-;;/m....0.0../s1. The van der Waals surface area contributed by atoms with E-state index in [0.717, 1.165) is 69.3 Å². The fourth-order valence-corrected chi connectivity index (χ4v) is 28.4. The molecule has 0 amide bonds. The van der Waals surface area contributed by atoms with E-state index in [1.54, 1.807) is 0 Å². The Morgan fingerprint density at radius 1 is 0.312 bits per heavy atom. The molecule has 9 aliphatic heterocycles. The van der Waals surface area contributed by atoms with Gasteiger partial charge in [0.25, 0.3) is 0 Å². The van der Waals surface area contributed by atoms with Gasteiger partial charge in [0.05, 0.1) is 88.4 Å². The first kappa shape index (κ1) is 122. The predicted molar refractivity (Wildman–Crippen MR) is 564 cm³/mol. The molecule has 0 spiro atoms. The number of sulfone groups is 1. The Bertz CT molecular complexity index is 3670. The Morgan fingerprint density at radius 2 is 0.576 bits per heavy atom. The van der Waals surface area contributed by atoms with Crippen molar-refractivity contribution in [3.05, 3.63) is 174 Å². The molecule has 9 rings (SSSR count). The summed E-state index contributed by atoms with van der Waals surface area (Å²) in [5, 5.41) is 8.25. The molecule has 0 radical (unpaired) electrons. The summed E-state index contributed by atoms with van der Waals surface area (Å²) in [6.45, 7) is 93.6. The van der Waals surface area contributed by atoms with Crippen LogP contribution in [0.4, 0.5) is 0 Å². The van der Waals surface area contributed by atoms with Crippen LogP contribution in [0.3, 0.4) is 0 Å². The molecule has 0 aromatic heterocycles. The zero-order valence-electron chi connectivity index (χ0n) is 87.7. The van der Waals surface area contributed by atoms with Crippen molar-refractivity contribution in [1.82, 2.24) is 0 Å². The maximum atomic E-state index is 11.8. The van der Waals surface area contributed by atoms with Crippen molar-refractivity contribution >= 4 is 109 Å². The van der Waals surface area contributed by atoms with E-state index in [1.807, 2.05) is 0 Å². The topological polar surface area (TPSA) is 98.8 Å². The summed E-state index contributed by atoms with van der Waals surface area (Å²) in [4.78, 5) is 11.4. The molecule has 9 aliphatic rings. The molecule has 9 heterocycles. The number of nitrogens with one attached hydrogen (secondary N) is 9. The minimum atomic E-state index is -2.86. The summed E-state index contributed by atoms with van der Waals surface area (Å²) in [5.74, 6) is 18.0. The molecular weight excluding hydrogens is 1860 g/mol. The minimum Gasteiger partial charge on any atom is -0.461 e. The minimum absolute atomic E-state index is 0.149. The van der Waals surface area contributed by atoms with E-state index in [4.69, 9.17) is 0 Å². The van der Waals surface area contributed by atoms with Gasteiger partial charge in [0.2, 0.25) is 11.7 Å². The molecule has 3 saturated heterocycles. The molecule has 4 unspecified atom stereocenters. The fourth-order valence-electron chi connectivity index (χ4n) is 18.0. The second kappa shape index (κ2) is 54.0. The number of hydrogen-bond donors (Lipinski definition) is 9. The molecule has 0 saturated carbocycles. The average molecular weight is 2060 g/mol. The average Bonchev–Trinajstić information content (AvgIpc) is 1.64. The van der Waals surface area contributed by atoms with Gasteiger partial charge < -0.3 is 44.1 Å². The van der Waals surface area contributed by atoms with E-state index in [0.29, 0.717) is 94.4 Å². The number of allylic oxidation sites excluding steroid dienone is 20. The lowest BCUT2D eigenvalue weighted by Crippen LogP contribution is -3.18. The lowest BCUT2D eigenvalue weighted by Gasteiger charge is -2.45. The third kappa shape index (κ3) is 34.9. The van der Waals surface area contributed by atoms with Crippen LogP contribution in [0.2, 0.25) is 0 Å². The van der Waals surface area contributed by atoms with Gasteiger partial charge in [-0.1, -0.05) is 301 Å². The highest BCUT2D eigenvalue weighted by molar-refractivity contribution is 9.15. The van der Waals surface area contributed by atoms with Crippen LogP contribution in [0.1, 0.15) is 291 Å². The van der Waals surface area contributed by atoms with Gasteiger partial charge in [0.15, 0.2) is 9.84 Å². The third-order valence-electron chi connectivity index (χ3n) is 25.5. The molecule has 0 aromatic carbocycles. The summed E-state index contributed by atoms with van der Waals surface area (Å²) in [6.07, 6.45) is 9.01. The van der Waals surface area contributed by atoms with Crippen LogP contribution < -0.4 is 44.1 Å². The molecule has 9 N–H and O–H groups in total. The number of quaternary nitrogens is 9. The van der Waals surface area contributed by atoms with Crippen molar-refractivity contribution in [1.29, 1.82) is 0 Å². The lowest BCUT2D eigenvalue weighted by molar-refractivity contribution is -0.910. The number of nitrogens with zero attached hydrogens (tertiary/aromatic N) is 2. The van der Waals surface area contributed by atoms with Gasteiger partial charge in [-0.15, -0.1) is 65.8 Å². The van der Waals surface area contributed by atoms with Gasteiger partial charge in [-0.05, 0) is 86.7 Å². The van der Waals surface area contributed by atoms with E-state index in [1.165, 1.54) is 143 Å². The zero-order chi connectivity index (χ0) is 97.8. The first-order valence-electron chi connectivity index (χ1n) is 47.6. The number of amidine groups is 2. The number of halogens is 4. The van der Waals surface area contributed by atoms with Crippen LogP contribution in [-0.2, 0) is 9.84 Å². The van der Waals surface area contributed by atoms with Gasteiger partial charge >= 0.3 is 0 Å². The van der Waals surface area contributed by atoms with Crippen molar-refractivity contribution in [2.24, 2.45) is 128 Å². The van der Waals surface area contributed by atoms with E-state index < -0.39 is 9.84 Å². The van der Waals surface area contributed by atoms with Gasteiger partial charge in [0, 0.05) is 153 Å². The molecule has 10 atom stereocenters. The first-order valence-corrected chi connectivity index (χ1v) is 54.9. The SMILES string of the molecule is [CH2-][NH+]1C(C(C)C)=C(Br)C(Br)=C1C(C)C.[CH2-][NH+]1C(C(C)C)=C(Br)C(C(C)(C)C)=C1C(C)C.[CH2-][NH+]1C(C(C)C)=CC(Br)=C1C(C)C.[CH2-][NH+]1C(C(C)C)=CC(C(C)(C)C)=C1C(C)C.[CH2-][NH+]1C(C(C)C)=CC=C1C(C)C.[CH2-][NH+]1C(C(C)C)=NN=C1C(C)C.[CH2-][NH+]1[C@@H](C(C)C)CSC[C@H]1C(C)C.[CH2-][NH+]1[C@H](C(C)C)CS(=O)(=O)C[C@H]1C(C)C.[CH2-][NH+]1[C@H](C(C)C)CSC[C@H]1C(C)C. The maximum Gasteiger partial charge on any atom is 0.203 e. The van der Waals surface area contributed by atoms with Gasteiger partial charge in [-0.25, -0.2) is 8.42 Å². The molecule has 3 fully saturated rings. The van der Waals surface area contributed by atoms with Crippen molar-refractivity contribution in [2.45, 2.75) is 327 Å². The molecule has 726 valence electrons. The summed E-state index contributed by atoms with van der Waals surface area (Å²) in [6, 6.07) is 3.32. The Hall–Kier alpha value is -1.05. The predicted octanol–water partition coefficient (Wildman–Crippen LogP) is 18.3. The molecule has 0 aliphatic carbocycles. The molecule has 13 nitrogen and oxygen atoms in total. The van der Waals surface area contributed by atoms with Crippen molar-refractivity contribution in [2.75, 3.05) is 34.5 Å². The lowest BCUT2D eigenvalue weighted by atomic mass is 9.83. The van der Waals surface area contributed by atoms with Gasteiger partial charge in [-0.2, -0.15) is 21.1 Å². The summed E-state index contributed by atoms with van der Waals surface area (Å²) in [7, 11) is 35.0. The van der Waals surface area contributed by atoms with Crippen LogP contribution in [-0.4, -0.2) is 90.9 Å². The Labute approximate surface area is 817 Å². The molecule has 0 bridgehead atoms. The highest BCUT2D eigenvalue weighted by Crippen LogP contribution is 2.43. The number of thioether (sulfide) groups is 2. The molecule has 20 heteroatoms. The normalized spacial score (nSPS) is 25.5. The van der Waals surface area contributed by atoms with E-state index >= 15 is 0 Å². The first-order chi connectivity index (χ1) is 57.0. The quantitative estimate of drug-likeness (QED) is 0.0639. The highest BCUT2D eigenvalue weighted by Gasteiger charge is 2.43. The van der Waals surface area contributed by atoms with Gasteiger partial charge in [-0.3, -0.25) is 0 Å². The fraction of sp³-hybridized carbons (Fsp3) is 0.705. The summed E-state index contributed by atoms with van der Waals surface area (Å²) in [5.41, 5.74) is 17.2. The van der Waals surface area contributed by atoms with E-state index in [9.17, 15) is 8.42 Å². The van der Waals surface area contributed by atoms with Gasteiger partial charge in [0.1, 0.15) is 34.3 Å². The Kier molecular flexibility index (Phi) is 52.7. The zero-order valence-corrected chi connectivity index (χ0v) is 96.5. The second-order valence-corrected chi connectivity index (χ2v) is 51.7. The largest absolute Gasteiger partial charge is 0.461 e. The smallest absolute Gasteiger partial charge is 0.203 e.